The second-order valence-corrected chi connectivity index (χ2v) is 9.28. The van der Waals surface area contributed by atoms with E-state index in [0.29, 0.717) is 18.3 Å². The largest absolute Gasteiger partial charge is 0.365 e. The number of hydrogen-bond acceptors (Lipinski definition) is 7. The molecule has 9 heteroatoms. The van der Waals surface area contributed by atoms with Crippen LogP contribution < -0.4 is 21.7 Å². The number of nitrogens with zero attached hydrogens (tertiary/aromatic N) is 5. The summed E-state index contributed by atoms with van der Waals surface area (Å²) < 4.78 is 1.99. The van der Waals surface area contributed by atoms with Gasteiger partial charge in [-0.25, -0.2) is 4.98 Å². The van der Waals surface area contributed by atoms with Gasteiger partial charge in [-0.3, -0.25) is 9.48 Å². The second kappa shape index (κ2) is 9.34. The molecule has 1 saturated heterocycles. The lowest BCUT2D eigenvalue weighted by Gasteiger charge is -2.31. The number of anilines is 3. The van der Waals surface area contributed by atoms with E-state index in [1.54, 1.807) is 0 Å². The molecule has 5 N–H and O–H groups in total. The van der Waals surface area contributed by atoms with Gasteiger partial charge in [-0.2, -0.15) is 10.1 Å². The normalized spacial score (nSPS) is 16.1. The Hall–Kier alpha value is -3.98. The quantitative estimate of drug-likeness (QED) is 0.390. The number of amides is 1. The van der Waals surface area contributed by atoms with E-state index in [1.165, 1.54) is 6.20 Å². The molecule has 9 nitrogen and oxygen atoms in total. The molecule has 1 aliphatic heterocycles. The van der Waals surface area contributed by atoms with Gasteiger partial charge in [0.25, 0.3) is 5.91 Å². The third-order valence-electron chi connectivity index (χ3n) is 6.34. The lowest BCUT2D eigenvalue weighted by molar-refractivity contribution is 0.100. The van der Waals surface area contributed by atoms with Gasteiger partial charge in [-0.15, -0.1) is 0 Å². The molecular weight excluding hydrogens is 440 g/mol. The lowest BCUT2D eigenvalue weighted by Crippen LogP contribution is -2.43. The van der Waals surface area contributed by atoms with Crippen molar-refractivity contribution in [2.75, 3.05) is 23.3 Å². The second-order valence-electron chi connectivity index (χ2n) is 9.28. The zero-order chi connectivity index (χ0) is 24.5. The summed E-state index contributed by atoms with van der Waals surface area (Å²) in [6.07, 6.45) is 5.34. The SMILES string of the molecule is CC(C)n1ncc2c(-c3ccccc3)cc(Nc3nc(N4CCC[C@H](N)C4)ncc3C(N)=O)cc21. The summed E-state index contributed by atoms with van der Waals surface area (Å²) in [4.78, 5) is 23.4. The van der Waals surface area contributed by atoms with Gasteiger partial charge in [0.1, 0.15) is 11.4 Å². The molecule has 0 saturated carbocycles. The zero-order valence-electron chi connectivity index (χ0n) is 20.0. The number of benzene rings is 2. The summed E-state index contributed by atoms with van der Waals surface area (Å²) in [5.74, 6) is 0.311. The third-order valence-corrected chi connectivity index (χ3v) is 6.34. The van der Waals surface area contributed by atoms with E-state index in [1.807, 2.05) is 41.2 Å². The number of aromatic nitrogens is 4. The van der Waals surface area contributed by atoms with E-state index in [0.717, 1.165) is 47.1 Å². The summed E-state index contributed by atoms with van der Waals surface area (Å²) in [7, 11) is 0. The van der Waals surface area contributed by atoms with Crippen LogP contribution in [0.5, 0.6) is 0 Å². The van der Waals surface area contributed by atoms with Gasteiger partial charge in [-0.1, -0.05) is 30.3 Å². The molecule has 0 radical (unpaired) electrons. The van der Waals surface area contributed by atoms with Crippen LogP contribution in [0.25, 0.3) is 22.0 Å². The van der Waals surface area contributed by atoms with Gasteiger partial charge >= 0.3 is 0 Å². The van der Waals surface area contributed by atoms with Crippen LogP contribution in [0, 0.1) is 0 Å². The average Bonchev–Trinajstić information content (AvgIpc) is 3.28. The first kappa shape index (κ1) is 22.8. The summed E-state index contributed by atoms with van der Waals surface area (Å²) in [5.41, 5.74) is 15.9. The molecule has 0 spiro atoms. The maximum atomic E-state index is 12.2. The van der Waals surface area contributed by atoms with E-state index in [4.69, 9.17) is 16.5 Å². The summed E-state index contributed by atoms with van der Waals surface area (Å²) >= 11 is 0. The van der Waals surface area contributed by atoms with Crippen LogP contribution in [0.1, 0.15) is 43.1 Å². The molecule has 1 aliphatic rings. The minimum absolute atomic E-state index is 0.0757. The minimum Gasteiger partial charge on any atom is -0.365 e. The van der Waals surface area contributed by atoms with Crippen LogP contribution in [-0.4, -0.2) is 44.8 Å². The summed E-state index contributed by atoms with van der Waals surface area (Å²) in [5, 5.41) is 9.03. The molecule has 0 aliphatic carbocycles. The van der Waals surface area contributed by atoms with Gasteiger partial charge in [0.05, 0.1) is 11.7 Å². The monoisotopic (exact) mass is 470 g/mol. The minimum atomic E-state index is -0.592. The molecule has 2 aromatic carbocycles. The Kier molecular flexibility index (Phi) is 6.08. The number of carbonyl (C=O) groups excluding carboxylic acids is 1. The van der Waals surface area contributed by atoms with Crippen molar-refractivity contribution in [3.05, 3.63) is 60.4 Å². The fourth-order valence-corrected chi connectivity index (χ4v) is 4.61. The maximum absolute atomic E-state index is 12.2. The Morgan fingerprint density at radius 1 is 1.17 bits per heavy atom. The molecule has 3 heterocycles. The average molecular weight is 471 g/mol. The van der Waals surface area contributed by atoms with Gasteiger partial charge < -0.3 is 21.7 Å². The first-order chi connectivity index (χ1) is 16.9. The zero-order valence-corrected chi connectivity index (χ0v) is 20.0. The number of hydrogen-bond donors (Lipinski definition) is 3. The number of carbonyl (C=O) groups is 1. The number of primary amides is 1. The van der Waals surface area contributed by atoms with Gasteiger partial charge in [0.15, 0.2) is 0 Å². The number of nitrogens with one attached hydrogen (secondary N) is 1. The van der Waals surface area contributed by atoms with Gasteiger partial charge in [0, 0.05) is 42.4 Å². The maximum Gasteiger partial charge on any atom is 0.254 e. The topological polar surface area (TPSA) is 128 Å². The highest BCUT2D eigenvalue weighted by Crippen LogP contribution is 2.34. The third kappa shape index (κ3) is 4.54. The van der Waals surface area contributed by atoms with E-state index in [9.17, 15) is 4.79 Å². The van der Waals surface area contributed by atoms with Crippen LogP contribution >= 0.6 is 0 Å². The van der Waals surface area contributed by atoms with Crippen molar-refractivity contribution in [3.8, 4) is 11.1 Å². The first-order valence-corrected chi connectivity index (χ1v) is 11.9. The number of piperidine rings is 1. The number of rotatable bonds is 6. The van der Waals surface area contributed by atoms with Crippen LogP contribution in [0.4, 0.5) is 17.5 Å². The van der Waals surface area contributed by atoms with Crippen LogP contribution in [-0.2, 0) is 0 Å². The fraction of sp³-hybridized carbons (Fsp3) is 0.308. The van der Waals surface area contributed by atoms with Crippen molar-refractivity contribution in [1.29, 1.82) is 0 Å². The van der Waals surface area contributed by atoms with Gasteiger partial charge in [0.2, 0.25) is 5.95 Å². The summed E-state index contributed by atoms with van der Waals surface area (Å²) in [6, 6.07) is 14.5. The summed E-state index contributed by atoms with van der Waals surface area (Å²) in [6.45, 7) is 5.69. The molecule has 0 bridgehead atoms. The van der Waals surface area contributed by atoms with Crippen molar-refractivity contribution >= 4 is 34.3 Å². The van der Waals surface area contributed by atoms with Crippen LogP contribution in [0.2, 0.25) is 0 Å². The molecule has 1 amide bonds. The standard InChI is InChI=1S/C26H30N8O/c1-16(2)34-23-12-19(11-20(21(23)14-30-34)17-7-4-3-5-8-17)31-25-22(24(28)35)13-29-26(32-25)33-10-6-9-18(27)15-33/h3-5,7-8,11-14,16,18H,6,9-10,15,27H2,1-2H3,(H2,28,35)(H,29,31,32)/t18-/m0/s1. The van der Waals surface area contributed by atoms with Crippen molar-refractivity contribution in [1.82, 2.24) is 19.7 Å². The Morgan fingerprint density at radius 2 is 1.97 bits per heavy atom. The Morgan fingerprint density at radius 3 is 2.69 bits per heavy atom. The number of fused-ring (bicyclic) bond motifs is 1. The Bertz CT molecular complexity index is 1360. The van der Waals surface area contributed by atoms with Crippen LogP contribution in [0.3, 0.4) is 0 Å². The highest BCUT2D eigenvalue weighted by atomic mass is 16.1. The predicted molar refractivity (Wildman–Crippen MR) is 139 cm³/mol. The molecule has 1 atom stereocenters. The van der Waals surface area contributed by atoms with Crippen molar-refractivity contribution in [3.63, 3.8) is 0 Å². The van der Waals surface area contributed by atoms with Gasteiger partial charge in [-0.05, 0) is 49.9 Å². The van der Waals surface area contributed by atoms with E-state index >= 15 is 0 Å². The van der Waals surface area contributed by atoms with E-state index < -0.39 is 5.91 Å². The van der Waals surface area contributed by atoms with Crippen molar-refractivity contribution in [2.24, 2.45) is 11.5 Å². The van der Waals surface area contributed by atoms with E-state index in [-0.39, 0.29) is 17.6 Å². The smallest absolute Gasteiger partial charge is 0.254 e. The highest BCUT2D eigenvalue weighted by Gasteiger charge is 2.22. The van der Waals surface area contributed by atoms with E-state index in [2.05, 4.69) is 46.3 Å². The lowest BCUT2D eigenvalue weighted by atomic mass is 10.0. The molecule has 2 aromatic heterocycles. The fourth-order valence-electron chi connectivity index (χ4n) is 4.61. The number of nitrogens with two attached hydrogens (primary N) is 2. The molecule has 4 aromatic rings. The molecule has 180 valence electrons. The molecular formula is C26H30N8O. The highest BCUT2D eigenvalue weighted by molar-refractivity contribution is 6.00. The molecule has 1 fully saturated rings. The molecule has 5 rings (SSSR count). The predicted octanol–water partition coefficient (Wildman–Crippen LogP) is 3.84. The molecule has 35 heavy (non-hydrogen) atoms. The first-order valence-electron chi connectivity index (χ1n) is 11.9. The molecule has 0 unspecified atom stereocenters. The van der Waals surface area contributed by atoms with Crippen molar-refractivity contribution < 1.29 is 4.79 Å². The van der Waals surface area contributed by atoms with Crippen LogP contribution in [0.15, 0.2) is 54.9 Å². The van der Waals surface area contributed by atoms with Crippen molar-refractivity contribution in [2.45, 2.75) is 38.8 Å². The Labute approximate surface area is 204 Å². The Balaban J connectivity index is 1.61.